The molecule has 118 valence electrons. The van der Waals surface area contributed by atoms with Crippen LogP contribution in [-0.4, -0.2) is 38.1 Å². The quantitative estimate of drug-likeness (QED) is 0.665. The van der Waals surface area contributed by atoms with Crippen molar-refractivity contribution < 1.29 is 19.7 Å². The normalized spacial score (nSPS) is 10.8. The van der Waals surface area contributed by atoms with E-state index in [0.29, 0.717) is 5.75 Å². The summed E-state index contributed by atoms with van der Waals surface area (Å²) in [7, 11) is 1.56. The van der Waals surface area contributed by atoms with Crippen molar-refractivity contribution in [2.24, 2.45) is 0 Å². The molecule has 2 heterocycles. The number of rotatable bonds is 4. The summed E-state index contributed by atoms with van der Waals surface area (Å²) in [5, 5.41) is 23.1. The first-order valence-electron chi connectivity index (χ1n) is 6.68. The van der Waals surface area contributed by atoms with Gasteiger partial charge in [-0.15, -0.1) is 0 Å². The van der Waals surface area contributed by atoms with Gasteiger partial charge in [0.15, 0.2) is 5.69 Å². The summed E-state index contributed by atoms with van der Waals surface area (Å²) in [6.07, 6.45) is 0. The number of carbonyl (C=O) groups is 1. The van der Waals surface area contributed by atoms with Crippen LogP contribution < -0.4 is 10.3 Å². The van der Waals surface area contributed by atoms with Gasteiger partial charge in [-0.1, -0.05) is 12.1 Å². The van der Waals surface area contributed by atoms with Crippen molar-refractivity contribution in [1.82, 2.24) is 14.8 Å². The van der Waals surface area contributed by atoms with Gasteiger partial charge in [-0.2, -0.15) is 5.10 Å². The number of pyridine rings is 1. The zero-order valence-corrected chi connectivity index (χ0v) is 12.1. The minimum Gasteiger partial charge on any atom is -0.507 e. The third-order valence-corrected chi connectivity index (χ3v) is 3.41. The molecule has 0 spiro atoms. The Hall–Kier alpha value is -3.29. The maximum atomic E-state index is 11.6. The summed E-state index contributed by atoms with van der Waals surface area (Å²) in [5.74, 6) is -1.01. The van der Waals surface area contributed by atoms with Gasteiger partial charge in [-0.05, 0) is 17.7 Å². The van der Waals surface area contributed by atoms with Crippen LogP contribution in [-0.2, 0) is 6.54 Å². The number of aromatic nitrogens is 3. The lowest BCUT2D eigenvalue weighted by Crippen LogP contribution is -2.08. The predicted octanol–water partition coefficient (Wildman–Crippen LogP) is 1.19. The van der Waals surface area contributed by atoms with Gasteiger partial charge in [0.05, 0.1) is 19.0 Å². The number of nitrogens with one attached hydrogen (secondary N) is 1. The standard InChI is InChI=1S/C15H13N3O5/c1-23-9-4-2-8(3-5-9)7-18-14-12(13(17-18)15(21)22)10(19)6-11(20)16-14/h2-6H,7H2,1H3,(H,21,22)(H2,16,19,20). The second-order valence-electron chi connectivity index (χ2n) is 4.90. The molecule has 0 atom stereocenters. The molecule has 3 rings (SSSR count). The number of ether oxygens (including phenoxy) is 1. The number of fused-ring (bicyclic) bond motifs is 1. The fourth-order valence-electron chi connectivity index (χ4n) is 2.35. The number of H-pyrrole nitrogens is 1. The first-order valence-corrected chi connectivity index (χ1v) is 6.68. The molecule has 0 aliphatic carbocycles. The van der Waals surface area contributed by atoms with Gasteiger partial charge in [0.25, 0.3) is 5.56 Å². The van der Waals surface area contributed by atoms with E-state index in [1.165, 1.54) is 4.68 Å². The van der Waals surface area contributed by atoms with E-state index < -0.39 is 17.3 Å². The highest BCUT2D eigenvalue weighted by molar-refractivity contribution is 6.02. The fourth-order valence-corrected chi connectivity index (χ4v) is 2.35. The molecule has 0 fully saturated rings. The average molecular weight is 315 g/mol. The van der Waals surface area contributed by atoms with E-state index in [9.17, 15) is 19.8 Å². The Morgan fingerprint density at radius 2 is 2.04 bits per heavy atom. The van der Waals surface area contributed by atoms with Gasteiger partial charge < -0.3 is 19.9 Å². The van der Waals surface area contributed by atoms with Gasteiger partial charge in [0, 0.05) is 6.07 Å². The van der Waals surface area contributed by atoms with Crippen LogP contribution in [0.15, 0.2) is 35.1 Å². The Bertz CT molecular complexity index is 940. The molecule has 0 bridgehead atoms. The zero-order chi connectivity index (χ0) is 16.6. The van der Waals surface area contributed by atoms with Crippen LogP contribution in [0, 0.1) is 0 Å². The van der Waals surface area contributed by atoms with Crippen molar-refractivity contribution in [3.8, 4) is 11.5 Å². The van der Waals surface area contributed by atoms with Crippen LogP contribution in [0.1, 0.15) is 16.1 Å². The van der Waals surface area contributed by atoms with Gasteiger partial charge >= 0.3 is 5.97 Å². The number of benzene rings is 1. The maximum Gasteiger partial charge on any atom is 0.357 e. The Balaban J connectivity index is 2.13. The van der Waals surface area contributed by atoms with E-state index in [4.69, 9.17) is 4.74 Å². The van der Waals surface area contributed by atoms with E-state index >= 15 is 0 Å². The summed E-state index contributed by atoms with van der Waals surface area (Å²) in [6, 6.07) is 8.05. The molecule has 2 aromatic heterocycles. The average Bonchev–Trinajstić information content (AvgIpc) is 2.87. The number of aromatic hydroxyl groups is 1. The summed E-state index contributed by atoms with van der Waals surface area (Å²) < 4.78 is 6.41. The third kappa shape index (κ3) is 2.61. The van der Waals surface area contributed by atoms with Crippen LogP contribution in [0.25, 0.3) is 11.0 Å². The molecule has 0 aliphatic rings. The summed E-state index contributed by atoms with van der Waals surface area (Å²) in [4.78, 5) is 25.4. The Morgan fingerprint density at radius 1 is 1.35 bits per heavy atom. The van der Waals surface area contributed by atoms with Crippen molar-refractivity contribution in [3.63, 3.8) is 0 Å². The van der Waals surface area contributed by atoms with Crippen molar-refractivity contribution in [2.45, 2.75) is 6.54 Å². The van der Waals surface area contributed by atoms with E-state index in [0.717, 1.165) is 11.6 Å². The number of methoxy groups -OCH3 is 1. The molecular weight excluding hydrogens is 302 g/mol. The van der Waals surface area contributed by atoms with Crippen LogP contribution in [0.4, 0.5) is 0 Å². The molecule has 0 aliphatic heterocycles. The van der Waals surface area contributed by atoms with Gasteiger partial charge in [0.1, 0.15) is 17.1 Å². The number of aromatic amines is 1. The molecule has 23 heavy (non-hydrogen) atoms. The molecule has 0 unspecified atom stereocenters. The number of carboxylic acid groups (broad SMARTS) is 1. The summed E-state index contributed by atoms with van der Waals surface area (Å²) in [6.45, 7) is 0.229. The lowest BCUT2D eigenvalue weighted by atomic mass is 10.2. The zero-order valence-electron chi connectivity index (χ0n) is 12.1. The smallest absolute Gasteiger partial charge is 0.357 e. The number of hydrogen-bond acceptors (Lipinski definition) is 5. The van der Waals surface area contributed by atoms with E-state index in [-0.39, 0.29) is 23.3 Å². The van der Waals surface area contributed by atoms with E-state index in [2.05, 4.69) is 10.1 Å². The second kappa shape index (κ2) is 5.48. The van der Waals surface area contributed by atoms with Crippen molar-refractivity contribution in [3.05, 3.63) is 51.9 Å². The van der Waals surface area contributed by atoms with E-state index in [1.54, 1.807) is 31.4 Å². The number of carboxylic acids is 1. The highest BCUT2D eigenvalue weighted by atomic mass is 16.5. The fraction of sp³-hybridized carbons (Fsp3) is 0.133. The Labute approximate surface area is 129 Å². The summed E-state index contributed by atoms with van der Waals surface area (Å²) >= 11 is 0. The predicted molar refractivity (Wildman–Crippen MR) is 81.1 cm³/mol. The summed E-state index contributed by atoms with van der Waals surface area (Å²) in [5.41, 5.74) is 0.129. The van der Waals surface area contributed by atoms with E-state index in [1.807, 2.05) is 0 Å². The van der Waals surface area contributed by atoms with Crippen LogP contribution in [0.3, 0.4) is 0 Å². The molecule has 3 aromatic rings. The topological polar surface area (TPSA) is 117 Å². The Morgan fingerprint density at radius 3 is 2.65 bits per heavy atom. The SMILES string of the molecule is COc1ccc(Cn2nc(C(=O)O)c3c(O)cc(=O)[nH]c32)cc1. The molecular formula is C15H13N3O5. The Kier molecular flexibility index (Phi) is 3.49. The lowest BCUT2D eigenvalue weighted by molar-refractivity contribution is 0.0691. The highest BCUT2D eigenvalue weighted by Crippen LogP contribution is 2.25. The lowest BCUT2D eigenvalue weighted by Gasteiger charge is -2.05. The maximum absolute atomic E-state index is 11.6. The number of aromatic carboxylic acids is 1. The molecule has 0 radical (unpaired) electrons. The van der Waals surface area contributed by atoms with Crippen molar-refractivity contribution in [2.75, 3.05) is 7.11 Å². The van der Waals surface area contributed by atoms with Gasteiger partial charge in [-0.25, -0.2) is 9.48 Å². The molecule has 8 heteroatoms. The van der Waals surface area contributed by atoms with Crippen molar-refractivity contribution in [1.29, 1.82) is 0 Å². The third-order valence-electron chi connectivity index (χ3n) is 3.41. The molecule has 0 saturated carbocycles. The molecule has 0 saturated heterocycles. The monoisotopic (exact) mass is 315 g/mol. The van der Waals surface area contributed by atoms with Crippen LogP contribution in [0.2, 0.25) is 0 Å². The first kappa shape index (κ1) is 14.6. The molecule has 3 N–H and O–H groups in total. The van der Waals surface area contributed by atoms with Crippen LogP contribution >= 0.6 is 0 Å². The van der Waals surface area contributed by atoms with Crippen molar-refractivity contribution >= 4 is 17.0 Å². The second-order valence-corrected chi connectivity index (χ2v) is 4.90. The molecule has 1 aromatic carbocycles. The number of hydrogen-bond donors (Lipinski definition) is 3. The molecule has 8 nitrogen and oxygen atoms in total. The van der Waals surface area contributed by atoms with Gasteiger partial charge in [-0.3, -0.25) is 4.79 Å². The first-order chi connectivity index (χ1) is 11.0. The largest absolute Gasteiger partial charge is 0.507 e. The highest BCUT2D eigenvalue weighted by Gasteiger charge is 2.20. The number of nitrogens with zero attached hydrogens (tertiary/aromatic N) is 2. The minimum absolute atomic E-state index is 0.00520. The van der Waals surface area contributed by atoms with Gasteiger partial charge in [0.2, 0.25) is 0 Å². The molecule has 0 amide bonds. The minimum atomic E-state index is -1.29. The van der Waals surface area contributed by atoms with Crippen LogP contribution in [0.5, 0.6) is 11.5 Å².